The first-order valence-electron chi connectivity index (χ1n) is 8.23. The maximum Gasteiger partial charge on any atom is 0.253 e. The van der Waals surface area contributed by atoms with Crippen LogP contribution in [-0.2, 0) is 5.66 Å². The van der Waals surface area contributed by atoms with Crippen molar-refractivity contribution in [3.63, 3.8) is 0 Å². The average Bonchev–Trinajstić information content (AvgIpc) is 3.23. The zero-order valence-corrected chi connectivity index (χ0v) is 14.8. The van der Waals surface area contributed by atoms with Crippen molar-refractivity contribution < 1.29 is 14.3 Å². The Morgan fingerprint density at radius 1 is 1.12 bits per heavy atom. The second-order valence-electron chi connectivity index (χ2n) is 6.03. The van der Waals surface area contributed by atoms with Crippen LogP contribution in [0, 0.1) is 0 Å². The number of imidazole rings is 1. The molecule has 0 spiro atoms. The minimum Gasteiger partial charge on any atom is -0.497 e. The molecule has 0 aliphatic carbocycles. The Bertz CT molecular complexity index is 833. The van der Waals surface area contributed by atoms with Gasteiger partial charge in [-0.1, -0.05) is 18.2 Å². The highest BCUT2D eigenvalue weighted by molar-refractivity contribution is 5.94. The number of rotatable bonds is 7. The molecule has 0 bridgehead atoms. The second kappa shape index (κ2) is 7.74. The molecule has 1 N–H and O–H groups in total. The Hall–Kier alpha value is -3.28. The molecule has 0 radical (unpaired) electrons. The first kappa shape index (κ1) is 17.5. The molecule has 0 saturated heterocycles. The number of methoxy groups -OCH3 is 1. The lowest BCUT2D eigenvalue weighted by Gasteiger charge is -2.32. The van der Waals surface area contributed by atoms with Crippen LogP contribution in [0.15, 0.2) is 73.3 Å². The summed E-state index contributed by atoms with van der Waals surface area (Å²) < 4.78 is 12.8. The van der Waals surface area contributed by atoms with Gasteiger partial charge in [-0.25, -0.2) is 4.98 Å². The molecule has 26 heavy (non-hydrogen) atoms. The van der Waals surface area contributed by atoms with E-state index in [2.05, 4.69) is 10.3 Å². The van der Waals surface area contributed by atoms with Crippen LogP contribution in [0.5, 0.6) is 11.5 Å². The predicted molar refractivity (Wildman–Crippen MR) is 98.3 cm³/mol. The van der Waals surface area contributed by atoms with E-state index in [1.807, 2.05) is 41.8 Å². The van der Waals surface area contributed by atoms with Gasteiger partial charge in [0.2, 0.25) is 0 Å². The Morgan fingerprint density at radius 3 is 2.46 bits per heavy atom. The molecule has 2 aromatic carbocycles. The number of carbonyl (C=O) groups is 1. The van der Waals surface area contributed by atoms with E-state index < -0.39 is 5.66 Å². The fraction of sp³-hybridized carbons (Fsp3) is 0.200. The van der Waals surface area contributed by atoms with E-state index in [0.29, 0.717) is 11.3 Å². The molecule has 1 atom stereocenters. The highest BCUT2D eigenvalue weighted by Crippen LogP contribution is 2.18. The van der Waals surface area contributed by atoms with Crippen molar-refractivity contribution in [2.45, 2.75) is 12.6 Å². The molecule has 1 heterocycles. The van der Waals surface area contributed by atoms with Crippen molar-refractivity contribution >= 4 is 5.91 Å². The van der Waals surface area contributed by atoms with Crippen LogP contribution in [0.25, 0.3) is 0 Å². The number of amides is 1. The summed E-state index contributed by atoms with van der Waals surface area (Å²) >= 11 is 0. The van der Waals surface area contributed by atoms with Gasteiger partial charge in [0.25, 0.3) is 5.91 Å². The molecule has 1 aromatic heterocycles. The van der Waals surface area contributed by atoms with Crippen molar-refractivity contribution in [3.8, 4) is 11.5 Å². The van der Waals surface area contributed by atoms with Crippen molar-refractivity contribution in [3.05, 3.63) is 78.9 Å². The van der Waals surface area contributed by atoms with Crippen LogP contribution in [0.4, 0.5) is 0 Å². The SMILES string of the molecule is COc1ccc(C(=O)NC(C)(COc2ccccc2)n2ccnc2)cc1. The zero-order chi connectivity index (χ0) is 18.4. The fourth-order valence-corrected chi connectivity index (χ4v) is 2.53. The minimum absolute atomic E-state index is 0.208. The van der Waals surface area contributed by atoms with Crippen LogP contribution in [0.3, 0.4) is 0 Å². The smallest absolute Gasteiger partial charge is 0.253 e. The van der Waals surface area contributed by atoms with E-state index in [1.165, 1.54) is 0 Å². The van der Waals surface area contributed by atoms with Crippen LogP contribution in [0.1, 0.15) is 17.3 Å². The molecule has 0 fully saturated rings. The zero-order valence-electron chi connectivity index (χ0n) is 14.8. The molecule has 0 aliphatic heterocycles. The molecule has 0 saturated carbocycles. The van der Waals surface area contributed by atoms with Gasteiger partial charge in [0.15, 0.2) is 0 Å². The Kier molecular flexibility index (Phi) is 5.22. The Balaban J connectivity index is 1.78. The molecule has 3 rings (SSSR count). The minimum atomic E-state index is -0.802. The lowest BCUT2D eigenvalue weighted by Crippen LogP contribution is -2.51. The third kappa shape index (κ3) is 4.03. The summed E-state index contributed by atoms with van der Waals surface area (Å²) in [6.07, 6.45) is 5.12. The lowest BCUT2D eigenvalue weighted by atomic mass is 10.1. The highest BCUT2D eigenvalue weighted by atomic mass is 16.5. The molecule has 6 heteroatoms. The van der Waals surface area contributed by atoms with E-state index in [0.717, 1.165) is 5.75 Å². The van der Waals surface area contributed by atoms with Gasteiger partial charge in [-0.15, -0.1) is 0 Å². The van der Waals surface area contributed by atoms with Crippen LogP contribution in [0.2, 0.25) is 0 Å². The molecule has 6 nitrogen and oxygen atoms in total. The van der Waals surface area contributed by atoms with Crippen LogP contribution in [-0.4, -0.2) is 29.2 Å². The summed E-state index contributed by atoms with van der Waals surface area (Å²) in [5, 5.41) is 3.04. The summed E-state index contributed by atoms with van der Waals surface area (Å²) in [4.78, 5) is 16.8. The number of hydrogen-bond acceptors (Lipinski definition) is 4. The number of nitrogens with one attached hydrogen (secondary N) is 1. The van der Waals surface area contributed by atoms with Crippen molar-refractivity contribution in [2.24, 2.45) is 0 Å². The second-order valence-corrected chi connectivity index (χ2v) is 6.03. The van der Waals surface area contributed by atoms with Gasteiger partial charge in [-0.05, 0) is 43.3 Å². The number of nitrogens with zero attached hydrogens (tertiary/aromatic N) is 2. The molecular formula is C20H21N3O3. The summed E-state index contributed by atoms with van der Waals surface area (Å²) in [5.41, 5.74) is -0.263. The number of benzene rings is 2. The average molecular weight is 351 g/mol. The summed E-state index contributed by atoms with van der Waals surface area (Å²) in [7, 11) is 1.59. The maximum absolute atomic E-state index is 12.7. The third-order valence-electron chi connectivity index (χ3n) is 4.07. The quantitative estimate of drug-likeness (QED) is 0.710. The van der Waals surface area contributed by atoms with Crippen molar-refractivity contribution in [1.29, 1.82) is 0 Å². The van der Waals surface area contributed by atoms with E-state index in [4.69, 9.17) is 9.47 Å². The molecule has 0 aliphatic rings. The predicted octanol–water partition coefficient (Wildman–Crippen LogP) is 3.07. The van der Waals surface area contributed by atoms with Gasteiger partial charge in [0.05, 0.1) is 13.4 Å². The Labute approximate surface area is 152 Å². The topological polar surface area (TPSA) is 65.4 Å². The van der Waals surface area contributed by atoms with Crippen molar-refractivity contribution in [2.75, 3.05) is 13.7 Å². The molecule has 1 amide bonds. The number of carbonyl (C=O) groups excluding carboxylic acids is 1. The first-order valence-corrected chi connectivity index (χ1v) is 8.23. The standard InChI is InChI=1S/C20H21N3O3/c1-20(23-13-12-21-15-23,14-26-18-6-4-3-5-7-18)22-19(24)16-8-10-17(25-2)11-9-16/h3-13,15H,14H2,1-2H3,(H,22,24). The monoisotopic (exact) mass is 351 g/mol. The molecule has 3 aromatic rings. The normalized spacial score (nSPS) is 12.8. The van der Waals surface area contributed by atoms with Gasteiger partial charge < -0.3 is 19.4 Å². The van der Waals surface area contributed by atoms with Gasteiger partial charge in [-0.3, -0.25) is 4.79 Å². The van der Waals surface area contributed by atoms with Gasteiger partial charge in [0, 0.05) is 18.0 Å². The van der Waals surface area contributed by atoms with E-state index in [1.54, 1.807) is 50.1 Å². The number of para-hydroxylation sites is 1. The van der Waals surface area contributed by atoms with Crippen LogP contribution >= 0.6 is 0 Å². The third-order valence-corrected chi connectivity index (χ3v) is 4.07. The molecule has 134 valence electrons. The molecule has 1 unspecified atom stereocenters. The fourth-order valence-electron chi connectivity index (χ4n) is 2.53. The van der Waals surface area contributed by atoms with E-state index in [9.17, 15) is 4.79 Å². The Morgan fingerprint density at radius 2 is 1.85 bits per heavy atom. The van der Waals surface area contributed by atoms with Crippen LogP contribution < -0.4 is 14.8 Å². The van der Waals surface area contributed by atoms with Crippen molar-refractivity contribution in [1.82, 2.24) is 14.9 Å². The van der Waals surface area contributed by atoms with Gasteiger partial charge in [-0.2, -0.15) is 0 Å². The summed E-state index contributed by atoms with van der Waals surface area (Å²) in [6, 6.07) is 16.4. The lowest BCUT2D eigenvalue weighted by molar-refractivity contribution is 0.0760. The van der Waals surface area contributed by atoms with Gasteiger partial charge in [0.1, 0.15) is 23.8 Å². The maximum atomic E-state index is 12.7. The number of hydrogen-bond donors (Lipinski definition) is 1. The first-order chi connectivity index (χ1) is 12.6. The highest BCUT2D eigenvalue weighted by Gasteiger charge is 2.29. The summed E-state index contributed by atoms with van der Waals surface area (Å²) in [5.74, 6) is 1.23. The van der Waals surface area contributed by atoms with Gasteiger partial charge >= 0.3 is 0 Å². The summed E-state index contributed by atoms with van der Waals surface area (Å²) in [6.45, 7) is 2.13. The van der Waals surface area contributed by atoms with E-state index >= 15 is 0 Å². The number of aromatic nitrogens is 2. The number of ether oxygens (including phenoxy) is 2. The largest absolute Gasteiger partial charge is 0.497 e. The van der Waals surface area contributed by atoms with E-state index in [-0.39, 0.29) is 12.5 Å². The molecular weight excluding hydrogens is 330 g/mol.